The van der Waals surface area contributed by atoms with E-state index in [1.165, 1.54) is 49.1 Å². The van der Waals surface area contributed by atoms with Gasteiger partial charge in [-0.2, -0.15) is 0 Å². The largest absolute Gasteiger partial charge is 0.263 e. The molecule has 1 aliphatic carbocycles. The van der Waals surface area contributed by atoms with Gasteiger partial charge in [0.25, 0.3) is 0 Å². The SMILES string of the molecule is O=S(=O)(NC1CCCCC1NS(=O)(=O)c1cccnc1)c1cccnc1. The highest BCUT2D eigenvalue weighted by atomic mass is 32.2. The fourth-order valence-electron chi connectivity index (χ4n) is 2.96. The minimum atomic E-state index is -3.77. The molecule has 0 radical (unpaired) electrons. The van der Waals surface area contributed by atoms with Gasteiger partial charge in [-0.3, -0.25) is 9.97 Å². The van der Waals surface area contributed by atoms with Crippen molar-refractivity contribution in [3.8, 4) is 0 Å². The number of pyridine rings is 2. The Hall–Kier alpha value is -1.88. The van der Waals surface area contributed by atoms with Crippen molar-refractivity contribution in [3.05, 3.63) is 49.1 Å². The molecule has 0 amide bonds. The molecule has 3 rings (SSSR count). The Labute approximate surface area is 153 Å². The zero-order valence-electron chi connectivity index (χ0n) is 13.9. The maximum Gasteiger partial charge on any atom is 0.242 e. The second kappa shape index (κ2) is 7.78. The highest BCUT2D eigenvalue weighted by Gasteiger charge is 2.32. The number of sulfonamides is 2. The molecule has 0 aliphatic heterocycles. The number of nitrogens with one attached hydrogen (secondary N) is 2. The summed E-state index contributed by atoms with van der Waals surface area (Å²) in [6.07, 6.45) is 8.27. The van der Waals surface area contributed by atoms with Gasteiger partial charge in [0.15, 0.2) is 0 Å². The van der Waals surface area contributed by atoms with Gasteiger partial charge in [0.05, 0.1) is 0 Å². The predicted octanol–water partition coefficient (Wildman–Crippen LogP) is 1.04. The van der Waals surface area contributed by atoms with Crippen LogP contribution in [-0.4, -0.2) is 38.9 Å². The van der Waals surface area contributed by atoms with Crippen LogP contribution in [0, 0.1) is 0 Å². The third-order valence-electron chi connectivity index (χ3n) is 4.27. The molecule has 2 heterocycles. The molecule has 2 N–H and O–H groups in total. The van der Waals surface area contributed by atoms with E-state index in [9.17, 15) is 16.8 Å². The molecule has 0 bridgehead atoms. The molecule has 0 saturated heterocycles. The second-order valence-corrected chi connectivity index (χ2v) is 9.55. The van der Waals surface area contributed by atoms with E-state index in [1.807, 2.05) is 0 Å². The summed E-state index contributed by atoms with van der Waals surface area (Å²) >= 11 is 0. The fraction of sp³-hybridized carbons (Fsp3) is 0.375. The lowest BCUT2D eigenvalue weighted by Gasteiger charge is -2.32. The van der Waals surface area contributed by atoms with Crippen LogP contribution < -0.4 is 9.44 Å². The second-order valence-electron chi connectivity index (χ2n) is 6.12. The molecular formula is C16H20N4O4S2. The number of hydrogen-bond donors (Lipinski definition) is 2. The summed E-state index contributed by atoms with van der Waals surface area (Å²) in [6, 6.07) is 4.93. The van der Waals surface area contributed by atoms with Gasteiger partial charge in [0, 0.05) is 36.9 Å². The molecule has 1 saturated carbocycles. The average Bonchev–Trinajstić information content (AvgIpc) is 2.64. The van der Waals surface area contributed by atoms with Gasteiger partial charge in [-0.05, 0) is 37.1 Å². The van der Waals surface area contributed by atoms with Gasteiger partial charge in [0.2, 0.25) is 20.0 Å². The molecular weight excluding hydrogens is 376 g/mol. The first-order valence-electron chi connectivity index (χ1n) is 8.23. The smallest absolute Gasteiger partial charge is 0.242 e. The van der Waals surface area contributed by atoms with Crippen molar-refractivity contribution in [2.75, 3.05) is 0 Å². The minimum Gasteiger partial charge on any atom is -0.263 e. The van der Waals surface area contributed by atoms with Crippen LogP contribution in [0.5, 0.6) is 0 Å². The minimum absolute atomic E-state index is 0.0550. The number of rotatable bonds is 6. The van der Waals surface area contributed by atoms with E-state index in [0.717, 1.165) is 12.8 Å². The average molecular weight is 396 g/mol. The fourth-order valence-corrected chi connectivity index (χ4v) is 5.51. The van der Waals surface area contributed by atoms with E-state index in [0.29, 0.717) is 12.8 Å². The lowest BCUT2D eigenvalue weighted by atomic mass is 9.92. The van der Waals surface area contributed by atoms with Crippen LogP contribution in [0.3, 0.4) is 0 Å². The summed E-state index contributed by atoms with van der Waals surface area (Å²) in [7, 11) is -7.55. The summed E-state index contributed by atoms with van der Waals surface area (Å²) in [5.74, 6) is 0. The molecule has 2 unspecified atom stereocenters. The topological polar surface area (TPSA) is 118 Å². The van der Waals surface area contributed by atoms with Crippen molar-refractivity contribution in [1.29, 1.82) is 0 Å². The molecule has 2 aromatic rings. The van der Waals surface area contributed by atoms with E-state index in [-0.39, 0.29) is 9.79 Å². The monoisotopic (exact) mass is 396 g/mol. The molecule has 2 aromatic heterocycles. The Morgan fingerprint density at radius 3 is 1.54 bits per heavy atom. The lowest BCUT2D eigenvalue weighted by molar-refractivity contribution is 0.340. The Bertz CT molecular complexity index is 855. The van der Waals surface area contributed by atoms with Gasteiger partial charge < -0.3 is 0 Å². The van der Waals surface area contributed by atoms with E-state index < -0.39 is 32.1 Å². The van der Waals surface area contributed by atoms with Gasteiger partial charge in [-0.15, -0.1) is 0 Å². The van der Waals surface area contributed by atoms with Gasteiger partial charge in [0.1, 0.15) is 9.79 Å². The highest BCUT2D eigenvalue weighted by Crippen LogP contribution is 2.22. The molecule has 140 valence electrons. The zero-order chi connectivity index (χ0) is 18.6. The normalized spacial score (nSPS) is 21.4. The van der Waals surface area contributed by atoms with Gasteiger partial charge in [-0.1, -0.05) is 12.8 Å². The third-order valence-corrected chi connectivity index (χ3v) is 7.22. The summed E-state index contributed by atoms with van der Waals surface area (Å²) < 4.78 is 55.4. The molecule has 26 heavy (non-hydrogen) atoms. The molecule has 0 aromatic carbocycles. The van der Waals surface area contributed by atoms with Crippen LogP contribution in [0.2, 0.25) is 0 Å². The van der Waals surface area contributed by atoms with E-state index in [2.05, 4.69) is 19.4 Å². The van der Waals surface area contributed by atoms with Crippen molar-refractivity contribution in [2.24, 2.45) is 0 Å². The van der Waals surface area contributed by atoms with Crippen molar-refractivity contribution in [2.45, 2.75) is 47.6 Å². The van der Waals surface area contributed by atoms with Crippen LogP contribution in [0.25, 0.3) is 0 Å². The van der Waals surface area contributed by atoms with E-state index >= 15 is 0 Å². The molecule has 0 spiro atoms. The van der Waals surface area contributed by atoms with Crippen molar-refractivity contribution >= 4 is 20.0 Å². The first-order valence-corrected chi connectivity index (χ1v) is 11.2. The Morgan fingerprint density at radius 1 is 0.769 bits per heavy atom. The Morgan fingerprint density at radius 2 is 1.19 bits per heavy atom. The van der Waals surface area contributed by atoms with Crippen LogP contribution in [0.4, 0.5) is 0 Å². The molecule has 2 atom stereocenters. The summed E-state index contributed by atoms with van der Waals surface area (Å²) in [4.78, 5) is 7.76. The Kier molecular flexibility index (Phi) is 5.66. The van der Waals surface area contributed by atoms with Crippen LogP contribution in [0.1, 0.15) is 25.7 Å². The third kappa shape index (κ3) is 4.44. The van der Waals surface area contributed by atoms with E-state index in [4.69, 9.17) is 0 Å². The predicted molar refractivity (Wildman–Crippen MR) is 95.2 cm³/mol. The first kappa shape index (κ1) is 18.9. The van der Waals surface area contributed by atoms with Crippen LogP contribution in [-0.2, 0) is 20.0 Å². The molecule has 1 aliphatic rings. The van der Waals surface area contributed by atoms with Crippen molar-refractivity contribution in [3.63, 3.8) is 0 Å². The zero-order valence-corrected chi connectivity index (χ0v) is 15.6. The lowest BCUT2D eigenvalue weighted by Crippen LogP contribution is -2.53. The van der Waals surface area contributed by atoms with Gasteiger partial charge >= 0.3 is 0 Å². The van der Waals surface area contributed by atoms with Crippen molar-refractivity contribution < 1.29 is 16.8 Å². The summed E-state index contributed by atoms with van der Waals surface area (Å²) in [5.41, 5.74) is 0. The molecule has 1 fully saturated rings. The maximum atomic E-state index is 12.5. The maximum absolute atomic E-state index is 12.5. The number of aromatic nitrogens is 2. The van der Waals surface area contributed by atoms with Gasteiger partial charge in [-0.25, -0.2) is 26.3 Å². The number of nitrogens with zero attached hydrogens (tertiary/aromatic N) is 2. The van der Waals surface area contributed by atoms with Crippen LogP contribution >= 0.6 is 0 Å². The molecule has 10 heteroatoms. The van der Waals surface area contributed by atoms with E-state index in [1.54, 1.807) is 0 Å². The molecule has 8 nitrogen and oxygen atoms in total. The standard InChI is InChI=1S/C16H20N4O4S2/c21-25(22,13-5-3-9-17-11-13)19-15-7-1-2-8-16(15)20-26(23,24)14-6-4-10-18-12-14/h3-6,9-12,15-16,19-20H,1-2,7-8H2. The highest BCUT2D eigenvalue weighted by molar-refractivity contribution is 7.90. The quantitative estimate of drug-likeness (QED) is 0.753. The first-order chi connectivity index (χ1) is 12.4. The van der Waals surface area contributed by atoms with Crippen LogP contribution in [0.15, 0.2) is 58.8 Å². The summed E-state index contributed by atoms with van der Waals surface area (Å²) in [6.45, 7) is 0. The number of hydrogen-bond acceptors (Lipinski definition) is 6. The Balaban J connectivity index is 1.78. The summed E-state index contributed by atoms with van der Waals surface area (Å²) in [5, 5.41) is 0. The van der Waals surface area contributed by atoms with Crippen molar-refractivity contribution in [1.82, 2.24) is 19.4 Å².